The fourth-order valence-electron chi connectivity index (χ4n) is 1.93. The highest BCUT2D eigenvalue weighted by Crippen LogP contribution is 2.22. The average molecular weight is 267 g/mol. The Labute approximate surface area is 114 Å². The van der Waals surface area contributed by atoms with Crippen LogP contribution >= 0.6 is 0 Å². The second-order valence-electron chi connectivity index (χ2n) is 4.21. The van der Waals surface area contributed by atoms with Gasteiger partial charge in [0.2, 0.25) is 0 Å². The van der Waals surface area contributed by atoms with Crippen molar-refractivity contribution in [2.24, 2.45) is 10.2 Å². The van der Waals surface area contributed by atoms with E-state index in [4.69, 9.17) is 0 Å². The first-order chi connectivity index (χ1) is 9.75. The number of para-hydroxylation sites is 1. The first-order valence-electron chi connectivity index (χ1n) is 6.02. The lowest BCUT2D eigenvalue weighted by Crippen LogP contribution is -2.13. The van der Waals surface area contributed by atoms with Crippen molar-refractivity contribution in [2.45, 2.75) is 0 Å². The Morgan fingerprint density at radius 3 is 2.65 bits per heavy atom. The van der Waals surface area contributed by atoms with Crippen LogP contribution in [0.4, 0.5) is 10.1 Å². The molecule has 0 unspecified atom stereocenters. The van der Waals surface area contributed by atoms with Crippen LogP contribution in [-0.4, -0.2) is 17.8 Å². The van der Waals surface area contributed by atoms with Gasteiger partial charge in [0.15, 0.2) is 5.71 Å². The molecule has 1 aliphatic rings. The van der Waals surface area contributed by atoms with Crippen molar-refractivity contribution in [1.29, 1.82) is 0 Å². The number of halogens is 1. The van der Waals surface area contributed by atoms with Gasteiger partial charge >= 0.3 is 0 Å². The number of carbonyl (C=O) groups excluding carboxylic acids is 1. The molecule has 0 spiro atoms. The van der Waals surface area contributed by atoms with Crippen LogP contribution in [0.15, 0.2) is 58.7 Å². The minimum absolute atomic E-state index is 0.230. The minimum Gasteiger partial charge on any atom is -0.320 e. The van der Waals surface area contributed by atoms with Gasteiger partial charge in [-0.2, -0.15) is 5.10 Å². The molecule has 0 aliphatic carbocycles. The smallest absolute Gasteiger partial charge is 0.276 e. The van der Waals surface area contributed by atoms with E-state index in [0.717, 1.165) is 0 Å². The summed E-state index contributed by atoms with van der Waals surface area (Å²) >= 11 is 0. The average Bonchev–Trinajstić information content (AvgIpc) is 2.77. The van der Waals surface area contributed by atoms with Crippen molar-refractivity contribution >= 4 is 23.5 Å². The summed E-state index contributed by atoms with van der Waals surface area (Å²) in [5, 5.41) is 10.4. The maximum atomic E-state index is 13.4. The van der Waals surface area contributed by atoms with E-state index in [1.165, 1.54) is 12.3 Å². The van der Waals surface area contributed by atoms with E-state index < -0.39 is 0 Å². The van der Waals surface area contributed by atoms with Gasteiger partial charge in [0.25, 0.3) is 5.91 Å². The zero-order valence-corrected chi connectivity index (χ0v) is 10.4. The molecule has 2 aromatic rings. The van der Waals surface area contributed by atoms with Gasteiger partial charge in [-0.15, -0.1) is 5.10 Å². The Kier molecular flexibility index (Phi) is 3.09. The summed E-state index contributed by atoms with van der Waals surface area (Å²) in [6.07, 6.45) is 1.29. The topological polar surface area (TPSA) is 53.8 Å². The zero-order valence-electron chi connectivity index (χ0n) is 10.4. The van der Waals surface area contributed by atoms with Gasteiger partial charge in [-0.05, 0) is 12.1 Å². The van der Waals surface area contributed by atoms with Gasteiger partial charge in [-0.25, -0.2) is 4.39 Å². The molecule has 4 nitrogen and oxygen atoms in total. The molecule has 2 aromatic carbocycles. The highest BCUT2D eigenvalue weighted by Gasteiger charge is 2.25. The van der Waals surface area contributed by atoms with Gasteiger partial charge in [0.05, 0.1) is 11.9 Å². The van der Waals surface area contributed by atoms with Crippen LogP contribution in [0.25, 0.3) is 0 Å². The molecular formula is C15H10FN3O. The largest absolute Gasteiger partial charge is 0.320 e. The van der Waals surface area contributed by atoms with Gasteiger partial charge in [0, 0.05) is 11.1 Å². The quantitative estimate of drug-likeness (QED) is 0.660. The lowest BCUT2D eigenvalue weighted by atomic mass is 10.1. The van der Waals surface area contributed by atoms with Crippen LogP contribution in [0.2, 0.25) is 0 Å². The molecule has 0 fully saturated rings. The number of carbonyl (C=O) groups is 1. The van der Waals surface area contributed by atoms with Crippen LogP contribution in [-0.2, 0) is 4.79 Å². The fourth-order valence-corrected chi connectivity index (χ4v) is 1.93. The summed E-state index contributed by atoms with van der Waals surface area (Å²) in [4.78, 5) is 11.8. The monoisotopic (exact) mass is 267 g/mol. The number of anilines is 1. The van der Waals surface area contributed by atoms with Crippen molar-refractivity contribution in [3.63, 3.8) is 0 Å². The molecule has 1 N–H and O–H groups in total. The molecule has 0 bridgehead atoms. The maximum Gasteiger partial charge on any atom is 0.276 e. The second kappa shape index (κ2) is 5.05. The van der Waals surface area contributed by atoms with E-state index in [1.54, 1.807) is 30.3 Å². The molecule has 1 aliphatic heterocycles. The van der Waals surface area contributed by atoms with Crippen LogP contribution in [0.5, 0.6) is 0 Å². The van der Waals surface area contributed by atoms with Gasteiger partial charge in [-0.1, -0.05) is 36.4 Å². The summed E-state index contributed by atoms with van der Waals surface area (Å²) in [5.74, 6) is -0.690. The van der Waals surface area contributed by atoms with E-state index in [-0.39, 0.29) is 17.4 Å². The summed E-state index contributed by atoms with van der Waals surface area (Å²) < 4.78 is 13.4. The van der Waals surface area contributed by atoms with Gasteiger partial charge < -0.3 is 5.32 Å². The molecule has 1 heterocycles. The second-order valence-corrected chi connectivity index (χ2v) is 4.21. The van der Waals surface area contributed by atoms with E-state index in [2.05, 4.69) is 15.5 Å². The SMILES string of the molecule is O=C1Nc2ccccc2/C1=N/N=C/c1ccccc1F. The van der Waals surface area contributed by atoms with Crippen molar-refractivity contribution in [3.8, 4) is 0 Å². The molecule has 0 saturated carbocycles. The zero-order chi connectivity index (χ0) is 13.9. The Bertz CT molecular complexity index is 737. The molecule has 5 heteroatoms. The van der Waals surface area contributed by atoms with Crippen LogP contribution in [0.1, 0.15) is 11.1 Å². The summed E-state index contributed by atoms with van der Waals surface area (Å²) in [5.41, 5.74) is 1.96. The third-order valence-corrected chi connectivity index (χ3v) is 2.91. The molecule has 20 heavy (non-hydrogen) atoms. The number of hydrogen-bond acceptors (Lipinski definition) is 3. The molecule has 0 radical (unpaired) electrons. The third-order valence-electron chi connectivity index (χ3n) is 2.91. The fraction of sp³-hybridized carbons (Fsp3) is 0. The predicted octanol–water partition coefficient (Wildman–Crippen LogP) is 2.60. The number of amides is 1. The van der Waals surface area contributed by atoms with Crippen molar-refractivity contribution in [2.75, 3.05) is 5.32 Å². The van der Waals surface area contributed by atoms with Gasteiger partial charge in [0.1, 0.15) is 5.82 Å². The number of fused-ring (bicyclic) bond motifs is 1. The minimum atomic E-state index is -0.382. The van der Waals surface area contributed by atoms with E-state index in [0.29, 0.717) is 16.8 Å². The van der Waals surface area contributed by atoms with Crippen LogP contribution in [0.3, 0.4) is 0 Å². The molecule has 98 valence electrons. The van der Waals surface area contributed by atoms with Crippen molar-refractivity contribution < 1.29 is 9.18 Å². The number of hydrogen-bond donors (Lipinski definition) is 1. The Morgan fingerprint density at radius 2 is 1.80 bits per heavy atom. The Morgan fingerprint density at radius 1 is 1.05 bits per heavy atom. The molecule has 0 atom stereocenters. The third kappa shape index (κ3) is 2.21. The normalized spacial score (nSPS) is 15.7. The molecule has 0 saturated heterocycles. The van der Waals surface area contributed by atoms with E-state index in [9.17, 15) is 9.18 Å². The standard InChI is InChI=1S/C15H10FN3O/c16-12-7-3-1-5-10(12)9-17-19-14-11-6-2-4-8-13(11)18-15(14)20/h1-9H,(H,18,19,20)/b17-9+. The van der Waals surface area contributed by atoms with Crippen LogP contribution < -0.4 is 5.32 Å². The molecule has 3 rings (SSSR count). The Hall–Kier alpha value is -2.82. The number of nitrogens with zero attached hydrogens (tertiary/aromatic N) is 2. The molecular weight excluding hydrogens is 257 g/mol. The lowest BCUT2D eigenvalue weighted by molar-refractivity contribution is -0.110. The van der Waals surface area contributed by atoms with E-state index >= 15 is 0 Å². The number of benzene rings is 2. The number of rotatable bonds is 2. The molecule has 0 aromatic heterocycles. The van der Waals surface area contributed by atoms with Crippen LogP contribution in [0, 0.1) is 5.82 Å². The first-order valence-corrected chi connectivity index (χ1v) is 6.02. The Balaban J connectivity index is 1.90. The van der Waals surface area contributed by atoms with E-state index in [1.807, 2.05) is 12.1 Å². The predicted molar refractivity (Wildman–Crippen MR) is 75.6 cm³/mol. The van der Waals surface area contributed by atoms with Crippen molar-refractivity contribution in [1.82, 2.24) is 0 Å². The summed E-state index contributed by atoms with van der Waals surface area (Å²) in [6.45, 7) is 0. The maximum absolute atomic E-state index is 13.4. The summed E-state index contributed by atoms with van der Waals surface area (Å²) in [7, 11) is 0. The first kappa shape index (κ1) is 12.2. The molecule has 1 amide bonds. The summed E-state index contributed by atoms with van der Waals surface area (Å²) in [6, 6.07) is 13.4. The highest BCUT2D eigenvalue weighted by atomic mass is 19.1. The number of nitrogens with one attached hydrogen (secondary N) is 1. The lowest BCUT2D eigenvalue weighted by Gasteiger charge is -1.94. The van der Waals surface area contributed by atoms with Crippen molar-refractivity contribution in [3.05, 3.63) is 65.5 Å². The highest BCUT2D eigenvalue weighted by molar-refractivity contribution is 6.53. The van der Waals surface area contributed by atoms with Gasteiger partial charge in [-0.3, -0.25) is 4.79 Å².